The van der Waals surface area contributed by atoms with Crippen LogP contribution in [0.4, 0.5) is 5.69 Å². The summed E-state index contributed by atoms with van der Waals surface area (Å²) >= 11 is 0. The first-order valence-electron chi connectivity index (χ1n) is 6.84. The highest BCUT2D eigenvalue weighted by molar-refractivity contribution is 6.00. The predicted molar refractivity (Wildman–Crippen MR) is 77.3 cm³/mol. The van der Waals surface area contributed by atoms with Crippen molar-refractivity contribution in [2.24, 2.45) is 0 Å². The molecule has 1 aromatic heterocycles. The Hall–Kier alpha value is -1.84. The van der Waals surface area contributed by atoms with Crippen LogP contribution in [0.1, 0.15) is 31.5 Å². The number of hydrogen-bond acceptors (Lipinski definition) is 4. The predicted octanol–water partition coefficient (Wildman–Crippen LogP) is 2.67. The van der Waals surface area contributed by atoms with Crippen LogP contribution >= 0.6 is 0 Å². The third-order valence-electron chi connectivity index (χ3n) is 3.62. The number of rotatable bonds is 1. The first-order chi connectivity index (χ1) is 9.15. The van der Waals surface area contributed by atoms with Gasteiger partial charge in [-0.15, -0.1) is 0 Å². The lowest BCUT2D eigenvalue weighted by Gasteiger charge is -2.28. The first kappa shape index (κ1) is 12.2. The molecule has 0 unspecified atom stereocenters. The molecule has 19 heavy (non-hydrogen) atoms. The largest absolute Gasteiger partial charge is 0.476 e. The number of aromatic nitrogens is 1. The van der Waals surface area contributed by atoms with E-state index < -0.39 is 0 Å². The Bertz CT molecular complexity index is 549. The number of nitrogens with zero attached hydrogens (tertiary/aromatic N) is 2. The second-order valence-corrected chi connectivity index (χ2v) is 5.37. The number of anilines is 1. The molecule has 0 atom stereocenters. The standard InChI is InChI=1S/C15H19N3O/c1-10(2)18-6-3-7-19-15-14(18)8-11-4-5-12(16)9-13(11)17-15/h4-5,8,10,16H,3,6-7,9H2,1-2H3. The third-order valence-corrected chi connectivity index (χ3v) is 3.62. The quantitative estimate of drug-likeness (QED) is 0.841. The monoisotopic (exact) mass is 257 g/mol. The van der Waals surface area contributed by atoms with E-state index in [1.165, 1.54) is 0 Å². The molecule has 2 heterocycles. The van der Waals surface area contributed by atoms with E-state index in [2.05, 4.69) is 29.8 Å². The van der Waals surface area contributed by atoms with Crippen molar-refractivity contribution in [3.05, 3.63) is 23.4 Å². The molecule has 0 saturated carbocycles. The Balaban J connectivity index is 2.09. The van der Waals surface area contributed by atoms with Crippen molar-refractivity contribution >= 4 is 17.5 Å². The second-order valence-electron chi connectivity index (χ2n) is 5.37. The summed E-state index contributed by atoms with van der Waals surface area (Å²) in [4.78, 5) is 6.99. The van der Waals surface area contributed by atoms with Crippen molar-refractivity contribution in [3.8, 4) is 5.88 Å². The van der Waals surface area contributed by atoms with Crippen LogP contribution in [0.2, 0.25) is 0 Å². The van der Waals surface area contributed by atoms with E-state index in [9.17, 15) is 0 Å². The summed E-state index contributed by atoms with van der Waals surface area (Å²) < 4.78 is 5.78. The Morgan fingerprint density at radius 2 is 2.21 bits per heavy atom. The summed E-state index contributed by atoms with van der Waals surface area (Å²) in [5.41, 5.74) is 3.77. The van der Waals surface area contributed by atoms with Crippen LogP contribution in [0, 0.1) is 5.41 Å². The van der Waals surface area contributed by atoms with Crippen molar-refractivity contribution in [2.45, 2.75) is 32.7 Å². The van der Waals surface area contributed by atoms with Crippen LogP contribution < -0.4 is 9.64 Å². The van der Waals surface area contributed by atoms with Crippen LogP contribution in [0.15, 0.2) is 12.1 Å². The maximum absolute atomic E-state index is 7.73. The number of pyridine rings is 1. The van der Waals surface area contributed by atoms with E-state index in [0.29, 0.717) is 18.2 Å². The highest BCUT2D eigenvalue weighted by Gasteiger charge is 2.23. The minimum atomic E-state index is 0.436. The lowest BCUT2D eigenvalue weighted by Crippen LogP contribution is -2.31. The normalized spacial score (nSPS) is 17.8. The van der Waals surface area contributed by atoms with Gasteiger partial charge in [0.15, 0.2) is 0 Å². The van der Waals surface area contributed by atoms with Crippen LogP contribution in [-0.2, 0) is 6.42 Å². The highest BCUT2D eigenvalue weighted by atomic mass is 16.5. The number of allylic oxidation sites excluding steroid dienone is 1. The molecule has 4 nitrogen and oxygen atoms in total. The molecule has 1 aliphatic carbocycles. The number of fused-ring (bicyclic) bond motifs is 2. The lowest BCUT2D eigenvalue weighted by atomic mass is 10.0. The summed E-state index contributed by atoms with van der Waals surface area (Å²) in [5, 5.41) is 7.73. The molecule has 0 radical (unpaired) electrons. The van der Waals surface area contributed by atoms with Gasteiger partial charge in [-0.2, -0.15) is 0 Å². The van der Waals surface area contributed by atoms with Crippen molar-refractivity contribution in [3.63, 3.8) is 0 Å². The van der Waals surface area contributed by atoms with Gasteiger partial charge in [0, 0.05) is 24.7 Å². The molecule has 0 spiro atoms. The van der Waals surface area contributed by atoms with Crippen molar-refractivity contribution in [2.75, 3.05) is 18.1 Å². The van der Waals surface area contributed by atoms with Crippen molar-refractivity contribution < 1.29 is 4.74 Å². The van der Waals surface area contributed by atoms with Gasteiger partial charge in [0.2, 0.25) is 5.88 Å². The highest BCUT2D eigenvalue weighted by Crippen LogP contribution is 2.34. The van der Waals surface area contributed by atoms with E-state index in [1.807, 2.05) is 12.2 Å². The lowest BCUT2D eigenvalue weighted by molar-refractivity contribution is 0.310. The summed E-state index contributed by atoms with van der Waals surface area (Å²) in [5.74, 6) is 0.730. The Labute approximate surface area is 113 Å². The molecule has 0 bridgehead atoms. The van der Waals surface area contributed by atoms with E-state index >= 15 is 0 Å². The fourth-order valence-electron chi connectivity index (χ4n) is 2.62. The Kier molecular flexibility index (Phi) is 3.01. The third kappa shape index (κ3) is 2.23. The van der Waals surface area contributed by atoms with Gasteiger partial charge in [-0.1, -0.05) is 6.08 Å². The van der Waals surface area contributed by atoms with E-state index in [-0.39, 0.29) is 0 Å². The first-order valence-corrected chi connectivity index (χ1v) is 6.84. The molecule has 1 aromatic rings. The zero-order valence-electron chi connectivity index (χ0n) is 11.4. The Morgan fingerprint density at radius 1 is 1.37 bits per heavy atom. The molecule has 3 rings (SSSR count). The molecule has 0 fully saturated rings. The van der Waals surface area contributed by atoms with Gasteiger partial charge in [-0.25, -0.2) is 4.98 Å². The van der Waals surface area contributed by atoms with Crippen molar-refractivity contribution in [1.29, 1.82) is 5.41 Å². The van der Waals surface area contributed by atoms with Gasteiger partial charge in [-0.3, -0.25) is 0 Å². The van der Waals surface area contributed by atoms with E-state index in [0.717, 1.165) is 42.4 Å². The molecule has 1 aliphatic heterocycles. The van der Waals surface area contributed by atoms with Crippen LogP contribution in [0.3, 0.4) is 0 Å². The van der Waals surface area contributed by atoms with Gasteiger partial charge in [0.25, 0.3) is 0 Å². The van der Waals surface area contributed by atoms with E-state index in [1.54, 1.807) is 0 Å². The minimum Gasteiger partial charge on any atom is -0.476 e. The van der Waals surface area contributed by atoms with Gasteiger partial charge in [0.1, 0.15) is 5.69 Å². The molecule has 0 amide bonds. The van der Waals surface area contributed by atoms with Gasteiger partial charge >= 0.3 is 0 Å². The summed E-state index contributed by atoms with van der Waals surface area (Å²) in [6.07, 6.45) is 5.46. The van der Waals surface area contributed by atoms with Crippen LogP contribution in [0.25, 0.3) is 6.08 Å². The summed E-state index contributed by atoms with van der Waals surface area (Å²) in [6.45, 7) is 6.11. The molecule has 0 aromatic carbocycles. The fraction of sp³-hybridized carbons (Fsp3) is 0.467. The minimum absolute atomic E-state index is 0.436. The maximum atomic E-state index is 7.73. The molecule has 100 valence electrons. The molecule has 2 aliphatic rings. The molecule has 1 N–H and O–H groups in total. The summed E-state index contributed by atoms with van der Waals surface area (Å²) in [6, 6.07) is 2.59. The van der Waals surface area contributed by atoms with Crippen LogP contribution in [0.5, 0.6) is 5.88 Å². The topological polar surface area (TPSA) is 49.2 Å². The van der Waals surface area contributed by atoms with Crippen molar-refractivity contribution in [1.82, 2.24) is 4.98 Å². The number of ether oxygens (including phenoxy) is 1. The number of hydrogen-bond donors (Lipinski definition) is 1. The maximum Gasteiger partial charge on any atom is 0.237 e. The zero-order valence-corrected chi connectivity index (χ0v) is 11.4. The van der Waals surface area contributed by atoms with Gasteiger partial charge in [-0.05, 0) is 38.0 Å². The fourth-order valence-corrected chi connectivity index (χ4v) is 2.62. The SMILES string of the molecule is CC(C)N1CCCOc2nc3c(cc21)C=CC(=N)C3. The molecular weight excluding hydrogens is 238 g/mol. The Morgan fingerprint density at radius 3 is 3.00 bits per heavy atom. The van der Waals surface area contributed by atoms with Gasteiger partial charge < -0.3 is 15.0 Å². The summed E-state index contributed by atoms with van der Waals surface area (Å²) in [7, 11) is 0. The van der Waals surface area contributed by atoms with E-state index in [4.69, 9.17) is 10.1 Å². The zero-order chi connectivity index (χ0) is 13.4. The number of nitrogens with one attached hydrogen (secondary N) is 1. The average molecular weight is 257 g/mol. The smallest absolute Gasteiger partial charge is 0.237 e. The second kappa shape index (κ2) is 4.68. The molecular formula is C15H19N3O. The molecule has 4 heteroatoms. The van der Waals surface area contributed by atoms with Crippen LogP contribution in [-0.4, -0.2) is 29.9 Å². The molecule has 0 saturated heterocycles. The van der Waals surface area contributed by atoms with Gasteiger partial charge in [0.05, 0.1) is 12.3 Å². The average Bonchev–Trinajstić information content (AvgIpc) is 2.58.